The van der Waals surface area contributed by atoms with Crippen LogP contribution < -0.4 is 0 Å². The summed E-state index contributed by atoms with van der Waals surface area (Å²) < 4.78 is 0. The average molecular weight is 209 g/mol. The number of aliphatic hydroxyl groups is 1. The van der Waals surface area contributed by atoms with Crippen LogP contribution in [0.1, 0.15) is 30.7 Å². The standard InChI is InChI=1S/C11H19N3O/c15-9-11-8-10(12-13-11)4-7-14-5-2-1-3-6-14/h8,15H,1-7,9H2,(H,12,13). The number of hydrogen-bond donors (Lipinski definition) is 2. The largest absolute Gasteiger partial charge is 0.390 e. The molecule has 0 saturated carbocycles. The molecule has 1 aromatic heterocycles. The fourth-order valence-corrected chi connectivity index (χ4v) is 2.07. The Bertz CT molecular complexity index is 292. The predicted molar refractivity (Wildman–Crippen MR) is 58.5 cm³/mol. The van der Waals surface area contributed by atoms with Crippen molar-refractivity contribution in [2.24, 2.45) is 0 Å². The van der Waals surface area contributed by atoms with Crippen molar-refractivity contribution in [1.29, 1.82) is 0 Å². The SMILES string of the molecule is OCc1cc(CCN2CCCCC2)n[nH]1. The number of nitrogens with one attached hydrogen (secondary N) is 1. The lowest BCUT2D eigenvalue weighted by atomic mass is 10.1. The third-order valence-electron chi connectivity index (χ3n) is 2.99. The molecule has 1 aliphatic heterocycles. The first kappa shape index (κ1) is 10.6. The second-order valence-corrected chi connectivity index (χ2v) is 4.19. The van der Waals surface area contributed by atoms with Gasteiger partial charge in [-0.25, -0.2) is 0 Å². The fourth-order valence-electron chi connectivity index (χ4n) is 2.07. The normalized spacial score (nSPS) is 18.2. The van der Waals surface area contributed by atoms with E-state index in [0.29, 0.717) is 0 Å². The molecule has 1 fully saturated rings. The van der Waals surface area contributed by atoms with Crippen molar-refractivity contribution in [2.75, 3.05) is 19.6 Å². The molecule has 0 radical (unpaired) electrons. The van der Waals surface area contributed by atoms with Crippen LogP contribution in [0.4, 0.5) is 0 Å². The highest BCUT2D eigenvalue weighted by atomic mass is 16.3. The van der Waals surface area contributed by atoms with Crippen molar-refractivity contribution in [1.82, 2.24) is 15.1 Å². The monoisotopic (exact) mass is 209 g/mol. The molecule has 0 bridgehead atoms. The molecule has 2 rings (SSSR count). The number of likely N-dealkylation sites (tertiary alicyclic amines) is 1. The Kier molecular flexibility index (Phi) is 3.75. The molecule has 15 heavy (non-hydrogen) atoms. The zero-order valence-corrected chi connectivity index (χ0v) is 9.08. The molecule has 0 spiro atoms. The summed E-state index contributed by atoms with van der Waals surface area (Å²) in [6, 6.07) is 1.95. The number of piperidine rings is 1. The summed E-state index contributed by atoms with van der Waals surface area (Å²) in [6.45, 7) is 3.61. The van der Waals surface area contributed by atoms with Crippen LogP contribution in [0.3, 0.4) is 0 Å². The molecule has 0 aromatic carbocycles. The number of H-pyrrole nitrogens is 1. The third-order valence-corrected chi connectivity index (χ3v) is 2.99. The number of rotatable bonds is 4. The van der Waals surface area contributed by atoms with Crippen LogP contribution in [-0.2, 0) is 13.0 Å². The van der Waals surface area contributed by atoms with Gasteiger partial charge in [-0.1, -0.05) is 6.42 Å². The van der Waals surface area contributed by atoms with Gasteiger partial charge in [-0.2, -0.15) is 5.10 Å². The Morgan fingerprint density at radius 1 is 1.33 bits per heavy atom. The van der Waals surface area contributed by atoms with Crippen LogP contribution in [0.2, 0.25) is 0 Å². The van der Waals surface area contributed by atoms with Crippen LogP contribution in [0.5, 0.6) is 0 Å². The lowest BCUT2D eigenvalue weighted by Crippen LogP contribution is -2.31. The number of hydrogen-bond acceptors (Lipinski definition) is 3. The first-order valence-electron chi connectivity index (χ1n) is 5.75. The number of aliphatic hydroxyl groups excluding tert-OH is 1. The molecule has 0 aliphatic carbocycles. The Labute approximate surface area is 90.3 Å². The Balaban J connectivity index is 1.76. The van der Waals surface area contributed by atoms with Gasteiger partial charge in [0, 0.05) is 13.0 Å². The Hall–Kier alpha value is -0.870. The van der Waals surface area contributed by atoms with Gasteiger partial charge in [0.05, 0.1) is 18.0 Å². The van der Waals surface area contributed by atoms with E-state index in [4.69, 9.17) is 5.11 Å². The first-order chi connectivity index (χ1) is 7.38. The lowest BCUT2D eigenvalue weighted by molar-refractivity contribution is 0.231. The molecule has 0 atom stereocenters. The zero-order valence-electron chi connectivity index (χ0n) is 9.08. The summed E-state index contributed by atoms with van der Waals surface area (Å²) >= 11 is 0. The molecule has 1 saturated heterocycles. The van der Waals surface area contributed by atoms with Crippen LogP contribution in [0.25, 0.3) is 0 Å². The molecule has 2 N–H and O–H groups in total. The number of aromatic amines is 1. The second-order valence-electron chi connectivity index (χ2n) is 4.19. The maximum absolute atomic E-state index is 8.89. The van der Waals surface area contributed by atoms with Crippen molar-refractivity contribution >= 4 is 0 Å². The van der Waals surface area contributed by atoms with Gasteiger partial charge in [0.2, 0.25) is 0 Å². The fraction of sp³-hybridized carbons (Fsp3) is 0.727. The topological polar surface area (TPSA) is 52.1 Å². The van der Waals surface area contributed by atoms with Gasteiger partial charge < -0.3 is 10.0 Å². The van der Waals surface area contributed by atoms with Crippen molar-refractivity contribution < 1.29 is 5.11 Å². The van der Waals surface area contributed by atoms with Crippen molar-refractivity contribution in [2.45, 2.75) is 32.3 Å². The number of nitrogens with zero attached hydrogens (tertiary/aromatic N) is 2. The van der Waals surface area contributed by atoms with Gasteiger partial charge in [0.25, 0.3) is 0 Å². The molecule has 0 unspecified atom stereocenters. The minimum Gasteiger partial charge on any atom is -0.390 e. The first-order valence-corrected chi connectivity index (χ1v) is 5.75. The molecular weight excluding hydrogens is 190 g/mol. The van der Waals surface area contributed by atoms with E-state index in [-0.39, 0.29) is 6.61 Å². The Morgan fingerprint density at radius 2 is 2.13 bits per heavy atom. The summed E-state index contributed by atoms with van der Waals surface area (Å²) in [4.78, 5) is 2.50. The van der Waals surface area contributed by atoms with E-state index in [1.807, 2.05) is 6.07 Å². The smallest absolute Gasteiger partial charge is 0.0847 e. The van der Waals surface area contributed by atoms with Crippen molar-refractivity contribution in [3.63, 3.8) is 0 Å². The molecule has 4 heteroatoms. The van der Waals surface area contributed by atoms with Gasteiger partial charge in [-0.15, -0.1) is 0 Å². The molecule has 1 aliphatic rings. The van der Waals surface area contributed by atoms with Gasteiger partial charge in [-0.3, -0.25) is 5.10 Å². The maximum atomic E-state index is 8.89. The summed E-state index contributed by atoms with van der Waals surface area (Å²) in [5.74, 6) is 0. The summed E-state index contributed by atoms with van der Waals surface area (Å²) in [6.07, 6.45) is 5.04. The minimum atomic E-state index is 0.0523. The van der Waals surface area contributed by atoms with E-state index in [1.165, 1.54) is 32.4 Å². The molecule has 0 amide bonds. The van der Waals surface area contributed by atoms with Crippen LogP contribution >= 0.6 is 0 Å². The highest BCUT2D eigenvalue weighted by Gasteiger charge is 2.10. The molecule has 2 heterocycles. The molecule has 84 valence electrons. The average Bonchev–Trinajstić information content (AvgIpc) is 2.76. The summed E-state index contributed by atoms with van der Waals surface area (Å²) in [5.41, 5.74) is 1.87. The minimum absolute atomic E-state index is 0.0523. The summed E-state index contributed by atoms with van der Waals surface area (Å²) in [5, 5.41) is 15.9. The van der Waals surface area contributed by atoms with E-state index in [2.05, 4.69) is 15.1 Å². The van der Waals surface area contributed by atoms with E-state index in [9.17, 15) is 0 Å². The van der Waals surface area contributed by atoms with E-state index >= 15 is 0 Å². The van der Waals surface area contributed by atoms with E-state index in [0.717, 1.165) is 24.4 Å². The highest BCUT2D eigenvalue weighted by molar-refractivity contribution is 5.07. The van der Waals surface area contributed by atoms with Gasteiger partial charge in [0.15, 0.2) is 0 Å². The Morgan fingerprint density at radius 3 is 2.80 bits per heavy atom. The number of aromatic nitrogens is 2. The zero-order chi connectivity index (χ0) is 10.5. The van der Waals surface area contributed by atoms with Gasteiger partial charge in [0.1, 0.15) is 0 Å². The predicted octanol–water partition coefficient (Wildman–Crippen LogP) is 0.930. The second kappa shape index (κ2) is 5.28. The molecule has 1 aromatic rings. The van der Waals surface area contributed by atoms with E-state index in [1.54, 1.807) is 0 Å². The molecule has 4 nitrogen and oxygen atoms in total. The highest BCUT2D eigenvalue weighted by Crippen LogP contribution is 2.09. The van der Waals surface area contributed by atoms with E-state index < -0.39 is 0 Å². The quantitative estimate of drug-likeness (QED) is 0.775. The van der Waals surface area contributed by atoms with Gasteiger partial charge >= 0.3 is 0 Å². The van der Waals surface area contributed by atoms with Crippen LogP contribution in [0.15, 0.2) is 6.07 Å². The third kappa shape index (κ3) is 3.04. The lowest BCUT2D eigenvalue weighted by Gasteiger charge is -2.25. The summed E-state index contributed by atoms with van der Waals surface area (Å²) in [7, 11) is 0. The van der Waals surface area contributed by atoms with Crippen LogP contribution in [0, 0.1) is 0 Å². The van der Waals surface area contributed by atoms with Gasteiger partial charge in [-0.05, 0) is 32.0 Å². The molecular formula is C11H19N3O. The van der Waals surface area contributed by atoms with Crippen LogP contribution in [-0.4, -0.2) is 39.8 Å². The van der Waals surface area contributed by atoms with Crippen molar-refractivity contribution in [3.8, 4) is 0 Å². The van der Waals surface area contributed by atoms with Crippen molar-refractivity contribution in [3.05, 3.63) is 17.5 Å². The maximum Gasteiger partial charge on any atom is 0.0847 e.